The van der Waals surface area contributed by atoms with Crippen molar-refractivity contribution in [3.05, 3.63) is 81.3 Å². The number of benzene rings is 2. The Labute approximate surface area is 225 Å². The Morgan fingerprint density at radius 3 is 2.36 bits per heavy atom. The number of aromatic nitrogens is 2. The average molecular weight is 571 g/mol. The van der Waals surface area contributed by atoms with Gasteiger partial charge in [0.1, 0.15) is 17.4 Å². The minimum absolute atomic E-state index is 0.0557. The van der Waals surface area contributed by atoms with E-state index in [1.54, 1.807) is 6.92 Å². The molecule has 2 amide bonds. The van der Waals surface area contributed by atoms with Crippen molar-refractivity contribution in [3.8, 4) is 0 Å². The summed E-state index contributed by atoms with van der Waals surface area (Å²) in [5, 5.41) is 5.07. The molecular formula is C26H24ClF5N4O3. The third-order valence-electron chi connectivity index (χ3n) is 5.68. The molecule has 39 heavy (non-hydrogen) atoms. The van der Waals surface area contributed by atoms with Crippen LogP contribution >= 0.6 is 11.6 Å². The zero-order valence-corrected chi connectivity index (χ0v) is 21.8. The molecule has 0 aliphatic rings. The van der Waals surface area contributed by atoms with E-state index in [0.29, 0.717) is 18.6 Å². The summed E-state index contributed by atoms with van der Waals surface area (Å²) in [4.78, 5) is 42.3. The van der Waals surface area contributed by atoms with Crippen LogP contribution in [0.1, 0.15) is 70.9 Å². The third kappa shape index (κ3) is 6.99. The molecule has 0 bridgehead atoms. The SMILES string of the molecule is CCCNC(=O)c1nc(NC(=O)c2cc(F)cc(C(F)(F)F)c2)c([C@@H](C)c2cc(F)ccc2Cl)n1CC(C)=O. The van der Waals surface area contributed by atoms with Gasteiger partial charge in [0, 0.05) is 23.0 Å². The van der Waals surface area contributed by atoms with Crippen LogP contribution in [0.3, 0.4) is 0 Å². The number of anilines is 1. The molecular weight excluding hydrogens is 547 g/mol. The van der Waals surface area contributed by atoms with Gasteiger partial charge >= 0.3 is 6.18 Å². The number of hydrogen-bond acceptors (Lipinski definition) is 4. The van der Waals surface area contributed by atoms with Gasteiger partial charge in [-0.3, -0.25) is 14.4 Å². The summed E-state index contributed by atoms with van der Waals surface area (Å²) in [6.45, 7) is 4.50. The molecule has 7 nitrogen and oxygen atoms in total. The number of amides is 2. The lowest BCUT2D eigenvalue weighted by molar-refractivity contribution is -0.137. The molecule has 1 atom stereocenters. The molecule has 0 spiro atoms. The topological polar surface area (TPSA) is 93.1 Å². The fourth-order valence-corrected chi connectivity index (χ4v) is 4.21. The Morgan fingerprint density at radius 1 is 1.05 bits per heavy atom. The fraction of sp³-hybridized carbons (Fsp3) is 0.308. The predicted octanol–water partition coefficient (Wildman–Crippen LogP) is 5.97. The molecule has 0 radical (unpaired) electrons. The van der Waals surface area contributed by atoms with Gasteiger partial charge in [-0.1, -0.05) is 25.4 Å². The highest BCUT2D eigenvalue weighted by Gasteiger charge is 2.33. The molecule has 0 saturated heterocycles. The lowest BCUT2D eigenvalue weighted by atomic mass is 9.96. The zero-order chi connectivity index (χ0) is 29.1. The number of imidazole rings is 1. The van der Waals surface area contributed by atoms with Crippen LogP contribution in [-0.4, -0.2) is 33.7 Å². The van der Waals surface area contributed by atoms with Crippen molar-refractivity contribution in [2.45, 2.75) is 45.8 Å². The molecule has 13 heteroatoms. The van der Waals surface area contributed by atoms with Crippen LogP contribution in [0.5, 0.6) is 0 Å². The lowest BCUT2D eigenvalue weighted by Crippen LogP contribution is -2.28. The van der Waals surface area contributed by atoms with E-state index in [2.05, 4.69) is 15.6 Å². The maximum absolute atomic E-state index is 14.1. The number of rotatable bonds is 9. The van der Waals surface area contributed by atoms with Crippen LogP contribution in [0.2, 0.25) is 5.02 Å². The van der Waals surface area contributed by atoms with E-state index >= 15 is 0 Å². The Balaban J connectivity index is 2.20. The molecule has 1 heterocycles. The van der Waals surface area contributed by atoms with Gasteiger partial charge in [0.25, 0.3) is 11.8 Å². The number of hydrogen-bond donors (Lipinski definition) is 2. The minimum Gasteiger partial charge on any atom is -0.349 e. The second-order valence-corrected chi connectivity index (χ2v) is 9.19. The van der Waals surface area contributed by atoms with E-state index in [4.69, 9.17) is 11.6 Å². The first-order valence-electron chi connectivity index (χ1n) is 11.7. The number of alkyl halides is 3. The van der Waals surface area contributed by atoms with Crippen molar-refractivity contribution >= 4 is 35.0 Å². The van der Waals surface area contributed by atoms with E-state index in [1.807, 2.05) is 6.92 Å². The maximum Gasteiger partial charge on any atom is 0.416 e. The summed E-state index contributed by atoms with van der Waals surface area (Å²) in [5.74, 6) is -5.63. The van der Waals surface area contributed by atoms with Gasteiger partial charge in [-0.2, -0.15) is 13.2 Å². The van der Waals surface area contributed by atoms with Crippen molar-refractivity contribution in [1.29, 1.82) is 0 Å². The average Bonchev–Trinajstić information content (AvgIpc) is 3.19. The van der Waals surface area contributed by atoms with Gasteiger partial charge in [-0.05, 0) is 55.3 Å². The largest absolute Gasteiger partial charge is 0.416 e. The maximum atomic E-state index is 14.1. The second kappa shape index (κ2) is 11.9. The molecule has 0 unspecified atom stereocenters. The van der Waals surface area contributed by atoms with E-state index in [1.165, 1.54) is 17.6 Å². The summed E-state index contributed by atoms with van der Waals surface area (Å²) < 4.78 is 68.9. The summed E-state index contributed by atoms with van der Waals surface area (Å²) in [5.41, 5.74) is -1.76. The normalized spacial score (nSPS) is 12.2. The van der Waals surface area contributed by atoms with E-state index in [-0.39, 0.29) is 47.1 Å². The molecule has 3 rings (SSSR count). The Kier molecular flexibility index (Phi) is 9.10. The van der Waals surface area contributed by atoms with Crippen LogP contribution < -0.4 is 10.6 Å². The summed E-state index contributed by atoms with van der Waals surface area (Å²) in [6, 6.07) is 4.87. The van der Waals surface area contributed by atoms with Crippen LogP contribution in [-0.2, 0) is 17.5 Å². The summed E-state index contributed by atoms with van der Waals surface area (Å²) >= 11 is 6.29. The first-order valence-corrected chi connectivity index (χ1v) is 12.1. The predicted molar refractivity (Wildman–Crippen MR) is 134 cm³/mol. The molecule has 2 aromatic carbocycles. The molecule has 0 aliphatic heterocycles. The van der Waals surface area contributed by atoms with Crippen LogP contribution in [0.15, 0.2) is 36.4 Å². The number of carbonyl (C=O) groups is 3. The van der Waals surface area contributed by atoms with Crippen LogP contribution in [0.25, 0.3) is 0 Å². The number of Topliss-reactive ketones (excluding diaryl/α,β-unsaturated/α-hetero) is 1. The van der Waals surface area contributed by atoms with Gasteiger partial charge in [0.15, 0.2) is 5.82 Å². The molecule has 0 saturated carbocycles. The van der Waals surface area contributed by atoms with Gasteiger partial charge in [0.05, 0.1) is 17.8 Å². The molecule has 208 valence electrons. The number of nitrogens with one attached hydrogen (secondary N) is 2. The monoisotopic (exact) mass is 570 g/mol. The van der Waals surface area contributed by atoms with E-state index < -0.39 is 52.5 Å². The first kappa shape index (κ1) is 29.8. The van der Waals surface area contributed by atoms with Gasteiger partial charge < -0.3 is 15.2 Å². The molecule has 0 aliphatic carbocycles. The van der Waals surface area contributed by atoms with E-state index in [9.17, 15) is 36.3 Å². The van der Waals surface area contributed by atoms with Crippen LogP contribution in [0, 0.1) is 11.6 Å². The molecule has 1 aromatic heterocycles. The Morgan fingerprint density at radius 2 is 1.74 bits per heavy atom. The van der Waals surface area contributed by atoms with Crippen molar-refractivity contribution in [2.24, 2.45) is 0 Å². The number of carbonyl (C=O) groups excluding carboxylic acids is 3. The molecule has 3 aromatic rings. The number of halogens is 6. The van der Waals surface area contributed by atoms with Crippen molar-refractivity contribution < 1.29 is 36.3 Å². The highest BCUT2D eigenvalue weighted by molar-refractivity contribution is 6.31. The lowest BCUT2D eigenvalue weighted by Gasteiger charge is -2.19. The van der Waals surface area contributed by atoms with Gasteiger partial charge in [0.2, 0.25) is 5.82 Å². The summed E-state index contributed by atoms with van der Waals surface area (Å²) in [7, 11) is 0. The van der Waals surface area contributed by atoms with Crippen molar-refractivity contribution in [3.63, 3.8) is 0 Å². The molecule has 0 fully saturated rings. The third-order valence-corrected chi connectivity index (χ3v) is 6.02. The zero-order valence-electron chi connectivity index (χ0n) is 21.0. The van der Waals surface area contributed by atoms with Gasteiger partial charge in [-0.25, -0.2) is 13.8 Å². The highest BCUT2D eigenvalue weighted by Crippen LogP contribution is 2.36. The van der Waals surface area contributed by atoms with Crippen LogP contribution in [0.4, 0.5) is 27.8 Å². The molecule has 2 N–H and O–H groups in total. The highest BCUT2D eigenvalue weighted by atomic mass is 35.5. The number of nitrogens with zero attached hydrogens (tertiary/aromatic N) is 2. The first-order chi connectivity index (χ1) is 18.2. The van der Waals surface area contributed by atoms with Gasteiger partial charge in [-0.15, -0.1) is 0 Å². The minimum atomic E-state index is -4.92. The Hall–Kier alpha value is -3.80. The summed E-state index contributed by atoms with van der Waals surface area (Å²) in [6.07, 6.45) is -4.34. The van der Waals surface area contributed by atoms with E-state index in [0.717, 1.165) is 12.1 Å². The fourth-order valence-electron chi connectivity index (χ4n) is 3.93. The second-order valence-electron chi connectivity index (χ2n) is 8.78. The van der Waals surface area contributed by atoms with Crippen molar-refractivity contribution in [1.82, 2.24) is 14.9 Å². The Bertz CT molecular complexity index is 1420. The number of ketones is 1. The smallest absolute Gasteiger partial charge is 0.349 e. The standard InChI is InChI=1S/C26H24ClF5N4O3/c1-4-7-33-25(39)23-34-22(35-24(38)15-8-16(26(30,31)32)10-18(29)9-15)21(36(23)12-13(2)37)14(3)19-11-17(28)5-6-20(19)27/h5-6,8-11,14H,4,7,12H2,1-3H3,(H,33,39)(H,35,38)/t14-/m0/s1. The quantitative estimate of drug-likeness (QED) is 0.310. The van der Waals surface area contributed by atoms with Crippen molar-refractivity contribution in [2.75, 3.05) is 11.9 Å².